The zero-order chi connectivity index (χ0) is 22.5. The predicted molar refractivity (Wildman–Crippen MR) is 111 cm³/mol. The molecule has 0 bridgehead atoms. The number of amides is 2. The maximum atomic E-state index is 12.6. The minimum absolute atomic E-state index is 0.0429. The number of esters is 2. The largest absolute Gasteiger partial charge is 0.463 e. The summed E-state index contributed by atoms with van der Waals surface area (Å²) in [5.41, 5.74) is -0.326. The lowest BCUT2D eigenvalue weighted by atomic mass is 9.83. The van der Waals surface area contributed by atoms with Crippen LogP contribution in [-0.2, 0) is 23.8 Å². The highest BCUT2D eigenvalue weighted by Crippen LogP contribution is 2.36. The number of ether oxygens (including phenoxy) is 3. The number of carbonyl (C=O) groups is 4. The number of halogens is 1. The second-order valence-electron chi connectivity index (χ2n) is 7.83. The first-order valence-electron chi connectivity index (χ1n) is 9.49. The normalized spacial score (nSPS) is 15.6. The molecule has 0 N–H and O–H groups in total. The van der Waals surface area contributed by atoms with Crippen LogP contribution in [0.5, 0.6) is 0 Å². The number of alkyl halides is 1. The second kappa shape index (κ2) is 9.70. The van der Waals surface area contributed by atoms with Crippen LogP contribution in [0.4, 0.5) is 0 Å². The van der Waals surface area contributed by atoms with Crippen molar-refractivity contribution in [2.45, 2.75) is 31.5 Å². The molecular weight excluding hydrogens is 458 g/mol. The molecule has 0 fully saturated rings. The number of rotatable bonds is 10. The number of carbonyl (C=O) groups excluding carboxylic acids is 4. The SMILES string of the molecule is COCCOC(=O)C(C)(Br)CC(C)(C)C(=O)OCCN1C(=O)c2ccccc2C1=O. The van der Waals surface area contributed by atoms with Crippen LogP contribution in [0.3, 0.4) is 0 Å². The van der Waals surface area contributed by atoms with E-state index in [4.69, 9.17) is 14.2 Å². The molecule has 1 atom stereocenters. The third-order valence-corrected chi connectivity index (χ3v) is 5.30. The molecule has 0 aliphatic carbocycles. The van der Waals surface area contributed by atoms with Crippen molar-refractivity contribution < 1.29 is 33.4 Å². The molecule has 8 nitrogen and oxygen atoms in total. The van der Waals surface area contributed by atoms with Crippen LogP contribution >= 0.6 is 15.9 Å². The van der Waals surface area contributed by atoms with E-state index >= 15 is 0 Å². The van der Waals surface area contributed by atoms with Gasteiger partial charge in [0.25, 0.3) is 11.8 Å². The Morgan fingerprint density at radius 2 is 1.47 bits per heavy atom. The fourth-order valence-electron chi connectivity index (χ4n) is 3.21. The van der Waals surface area contributed by atoms with Gasteiger partial charge in [-0.3, -0.25) is 24.1 Å². The van der Waals surface area contributed by atoms with Crippen LogP contribution in [0.1, 0.15) is 47.9 Å². The third kappa shape index (κ3) is 5.46. The summed E-state index contributed by atoms with van der Waals surface area (Å²) < 4.78 is 14.2. The van der Waals surface area contributed by atoms with Crippen molar-refractivity contribution >= 4 is 39.7 Å². The molecule has 2 rings (SSSR count). The van der Waals surface area contributed by atoms with Gasteiger partial charge in [0.2, 0.25) is 0 Å². The van der Waals surface area contributed by atoms with E-state index in [0.29, 0.717) is 11.1 Å². The van der Waals surface area contributed by atoms with E-state index in [9.17, 15) is 19.2 Å². The van der Waals surface area contributed by atoms with Crippen molar-refractivity contribution in [1.82, 2.24) is 4.90 Å². The molecule has 0 saturated carbocycles. The molecular formula is C21H26BrNO7. The van der Waals surface area contributed by atoms with Gasteiger partial charge in [0, 0.05) is 7.11 Å². The second-order valence-corrected chi connectivity index (χ2v) is 9.58. The predicted octanol–water partition coefficient (Wildman–Crippen LogP) is 2.59. The summed E-state index contributed by atoms with van der Waals surface area (Å²) in [5, 5.41) is 0. The van der Waals surface area contributed by atoms with E-state index in [1.165, 1.54) is 7.11 Å². The quantitative estimate of drug-likeness (QED) is 0.218. The molecule has 0 aromatic heterocycles. The van der Waals surface area contributed by atoms with E-state index in [-0.39, 0.29) is 32.8 Å². The highest BCUT2D eigenvalue weighted by atomic mass is 79.9. The van der Waals surface area contributed by atoms with Gasteiger partial charge in [0.05, 0.1) is 29.7 Å². The average Bonchev–Trinajstić information content (AvgIpc) is 2.92. The molecule has 1 heterocycles. The van der Waals surface area contributed by atoms with Gasteiger partial charge in [-0.15, -0.1) is 0 Å². The van der Waals surface area contributed by atoms with Crippen LogP contribution in [0.15, 0.2) is 24.3 Å². The van der Waals surface area contributed by atoms with Crippen LogP contribution in [0, 0.1) is 5.41 Å². The maximum Gasteiger partial charge on any atom is 0.322 e. The Morgan fingerprint density at radius 3 is 2.00 bits per heavy atom. The topological polar surface area (TPSA) is 99.2 Å². The van der Waals surface area contributed by atoms with Crippen LogP contribution < -0.4 is 0 Å². The maximum absolute atomic E-state index is 12.6. The molecule has 2 amide bonds. The van der Waals surface area contributed by atoms with Gasteiger partial charge in [-0.05, 0) is 39.3 Å². The summed E-state index contributed by atoms with van der Waals surface area (Å²) in [7, 11) is 1.50. The molecule has 1 unspecified atom stereocenters. The summed E-state index contributed by atoms with van der Waals surface area (Å²) in [5.74, 6) is -1.86. The number of hydrogen-bond acceptors (Lipinski definition) is 7. The van der Waals surface area contributed by atoms with Crippen molar-refractivity contribution in [1.29, 1.82) is 0 Å². The summed E-state index contributed by atoms with van der Waals surface area (Å²) in [6.07, 6.45) is 0.123. The van der Waals surface area contributed by atoms with Crippen LogP contribution in [-0.4, -0.2) is 66.5 Å². The zero-order valence-electron chi connectivity index (χ0n) is 17.5. The monoisotopic (exact) mass is 483 g/mol. The molecule has 1 aromatic rings. The summed E-state index contributed by atoms with van der Waals surface area (Å²) >= 11 is 3.34. The van der Waals surface area contributed by atoms with E-state index in [0.717, 1.165) is 4.90 Å². The van der Waals surface area contributed by atoms with Gasteiger partial charge in [0.15, 0.2) is 0 Å². The Bertz CT molecular complexity index is 799. The van der Waals surface area contributed by atoms with Crippen molar-refractivity contribution in [2.75, 3.05) is 33.5 Å². The number of fused-ring (bicyclic) bond motifs is 1. The van der Waals surface area contributed by atoms with E-state index < -0.39 is 33.5 Å². The van der Waals surface area contributed by atoms with Crippen molar-refractivity contribution in [3.63, 3.8) is 0 Å². The van der Waals surface area contributed by atoms with Gasteiger partial charge in [-0.2, -0.15) is 0 Å². The fourth-order valence-corrected chi connectivity index (χ4v) is 4.03. The summed E-state index contributed by atoms with van der Waals surface area (Å²) in [4.78, 5) is 50.6. The number of hydrogen-bond donors (Lipinski definition) is 0. The standard InChI is InChI=1S/C21H26BrNO7/c1-20(2,13-21(3,22)19(27)30-12-11-28-4)18(26)29-10-9-23-16(24)14-7-5-6-8-15(14)17(23)25/h5-8H,9-13H2,1-4H3. The zero-order valence-corrected chi connectivity index (χ0v) is 19.1. The highest BCUT2D eigenvalue weighted by molar-refractivity contribution is 9.10. The molecule has 0 radical (unpaired) electrons. The Balaban J connectivity index is 1.89. The lowest BCUT2D eigenvalue weighted by Crippen LogP contribution is -2.41. The molecule has 164 valence electrons. The molecule has 1 aliphatic rings. The lowest BCUT2D eigenvalue weighted by Gasteiger charge is -2.30. The first kappa shape index (κ1) is 24.0. The smallest absolute Gasteiger partial charge is 0.322 e. The van der Waals surface area contributed by atoms with E-state index in [1.807, 2.05) is 0 Å². The molecule has 1 aromatic carbocycles. The first-order valence-corrected chi connectivity index (χ1v) is 10.3. The Hall–Kier alpha value is -2.26. The Labute approximate surface area is 184 Å². The fraction of sp³-hybridized carbons (Fsp3) is 0.524. The van der Waals surface area contributed by atoms with Gasteiger partial charge in [0.1, 0.15) is 17.5 Å². The molecule has 30 heavy (non-hydrogen) atoms. The minimum Gasteiger partial charge on any atom is -0.463 e. The molecule has 0 saturated heterocycles. The highest BCUT2D eigenvalue weighted by Gasteiger charge is 2.42. The van der Waals surface area contributed by atoms with Crippen molar-refractivity contribution in [2.24, 2.45) is 5.41 Å². The average molecular weight is 484 g/mol. The Kier molecular flexibility index (Phi) is 7.76. The number of imide groups is 1. The van der Waals surface area contributed by atoms with Gasteiger partial charge >= 0.3 is 11.9 Å². The number of benzene rings is 1. The Morgan fingerprint density at radius 1 is 0.933 bits per heavy atom. The first-order chi connectivity index (χ1) is 14.0. The number of methoxy groups -OCH3 is 1. The lowest BCUT2D eigenvalue weighted by molar-refractivity contribution is -0.156. The summed E-state index contributed by atoms with van der Waals surface area (Å²) in [6, 6.07) is 6.56. The van der Waals surface area contributed by atoms with Crippen LogP contribution in [0.2, 0.25) is 0 Å². The van der Waals surface area contributed by atoms with E-state index in [2.05, 4.69) is 15.9 Å². The number of nitrogens with zero attached hydrogens (tertiary/aromatic N) is 1. The molecule has 1 aliphatic heterocycles. The van der Waals surface area contributed by atoms with Gasteiger partial charge < -0.3 is 14.2 Å². The van der Waals surface area contributed by atoms with E-state index in [1.54, 1.807) is 45.0 Å². The molecule has 0 spiro atoms. The van der Waals surface area contributed by atoms with Gasteiger partial charge in [-0.25, -0.2) is 0 Å². The van der Waals surface area contributed by atoms with Gasteiger partial charge in [-0.1, -0.05) is 28.1 Å². The molecule has 9 heteroatoms. The minimum atomic E-state index is -1.09. The van der Waals surface area contributed by atoms with Crippen molar-refractivity contribution in [3.05, 3.63) is 35.4 Å². The third-order valence-electron chi connectivity index (χ3n) is 4.70. The summed E-state index contributed by atoms with van der Waals surface area (Å²) in [6.45, 7) is 5.14. The van der Waals surface area contributed by atoms with Crippen LogP contribution in [0.25, 0.3) is 0 Å². The van der Waals surface area contributed by atoms with Crippen molar-refractivity contribution in [3.8, 4) is 0 Å².